The highest BCUT2D eigenvalue weighted by atomic mass is 15.3. The summed E-state index contributed by atoms with van der Waals surface area (Å²) >= 11 is 0. The number of piperazine rings is 1. The number of nitrogens with zero attached hydrogens (tertiary/aromatic N) is 2. The van der Waals surface area contributed by atoms with E-state index < -0.39 is 0 Å². The van der Waals surface area contributed by atoms with Gasteiger partial charge in [0.15, 0.2) is 0 Å². The molecule has 1 aliphatic carbocycles. The largest absolute Gasteiger partial charge is 0.369 e. The van der Waals surface area contributed by atoms with Crippen molar-refractivity contribution in [1.29, 1.82) is 0 Å². The van der Waals surface area contributed by atoms with Crippen LogP contribution in [0.25, 0.3) is 0 Å². The van der Waals surface area contributed by atoms with Gasteiger partial charge in [0, 0.05) is 31.9 Å². The van der Waals surface area contributed by atoms with Gasteiger partial charge in [0.1, 0.15) is 0 Å². The number of rotatable bonds is 2. The zero-order valence-corrected chi connectivity index (χ0v) is 10.8. The highest BCUT2D eigenvalue weighted by Gasteiger charge is 2.21. The van der Waals surface area contributed by atoms with Crippen LogP contribution in [0.15, 0.2) is 18.2 Å². The first-order chi connectivity index (χ1) is 8.38. The molecular formula is C15H22N2. The minimum absolute atomic E-state index is 1.20. The molecule has 1 saturated heterocycles. The normalized spacial score (nSPS) is 20.6. The van der Waals surface area contributed by atoms with Gasteiger partial charge in [-0.15, -0.1) is 0 Å². The lowest BCUT2D eigenvalue weighted by atomic mass is 10.1. The summed E-state index contributed by atoms with van der Waals surface area (Å²) in [6.45, 7) is 8.30. The van der Waals surface area contributed by atoms with Gasteiger partial charge in [0.05, 0.1) is 0 Å². The molecule has 17 heavy (non-hydrogen) atoms. The summed E-state index contributed by atoms with van der Waals surface area (Å²) in [5.74, 6) is 0. The van der Waals surface area contributed by atoms with Gasteiger partial charge in [-0.3, -0.25) is 0 Å². The molecule has 1 aromatic carbocycles. The van der Waals surface area contributed by atoms with Crippen molar-refractivity contribution in [1.82, 2.24) is 4.90 Å². The molecule has 0 amide bonds. The SMILES string of the molecule is CCN1CCN(c2cccc3c2CCC3)CC1. The van der Waals surface area contributed by atoms with E-state index >= 15 is 0 Å². The van der Waals surface area contributed by atoms with Crippen LogP contribution in [0.4, 0.5) is 5.69 Å². The second kappa shape index (κ2) is 4.69. The molecule has 0 aromatic heterocycles. The Bertz CT molecular complexity index is 392. The van der Waals surface area contributed by atoms with E-state index in [9.17, 15) is 0 Å². The van der Waals surface area contributed by atoms with Crippen LogP contribution in [-0.2, 0) is 12.8 Å². The molecule has 1 heterocycles. The van der Waals surface area contributed by atoms with Gasteiger partial charge in [-0.25, -0.2) is 0 Å². The van der Waals surface area contributed by atoms with Gasteiger partial charge in [0.2, 0.25) is 0 Å². The van der Waals surface area contributed by atoms with Crippen molar-refractivity contribution >= 4 is 5.69 Å². The lowest BCUT2D eigenvalue weighted by Crippen LogP contribution is -2.46. The van der Waals surface area contributed by atoms with Crippen LogP contribution in [0.3, 0.4) is 0 Å². The molecule has 2 nitrogen and oxygen atoms in total. The van der Waals surface area contributed by atoms with E-state index in [1.54, 1.807) is 11.1 Å². The molecule has 0 bridgehead atoms. The molecule has 0 unspecified atom stereocenters. The Morgan fingerprint density at radius 1 is 1.06 bits per heavy atom. The van der Waals surface area contributed by atoms with Gasteiger partial charge in [-0.1, -0.05) is 19.1 Å². The Morgan fingerprint density at radius 2 is 1.88 bits per heavy atom. The molecular weight excluding hydrogens is 208 g/mol. The predicted molar refractivity (Wildman–Crippen MR) is 72.8 cm³/mol. The first-order valence-corrected chi connectivity index (χ1v) is 6.96. The quantitative estimate of drug-likeness (QED) is 0.769. The van der Waals surface area contributed by atoms with E-state index in [4.69, 9.17) is 0 Å². The fourth-order valence-electron chi connectivity index (χ4n) is 3.20. The fourth-order valence-corrected chi connectivity index (χ4v) is 3.20. The van der Waals surface area contributed by atoms with Crippen LogP contribution in [0.5, 0.6) is 0 Å². The standard InChI is InChI=1S/C15H22N2/c1-2-16-9-11-17(12-10-16)15-8-4-6-13-5-3-7-14(13)15/h4,6,8H,2-3,5,7,9-12H2,1H3. The Balaban J connectivity index is 1.79. The van der Waals surface area contributed by atoms with Crippen molar-refractivity contribution in [3.63, 3.8) is 0 Å². The van der Waals surface area contributed by atoms with Gasteiger partial charge >= 0.3 is 0 Å². The molecule has 1 fully saturated rings. The minimum atomic E-state index is 1.20. The van der Waals surface area contributed by atoms with Crippen LogP contribution in [0, 0.1) is 0 Å². The molecule has 92 valence electrons. The van der Waals surface area contributed by atoms with Crippen molar-refractivity contribution in [2.24, 2.45) is 0 Å². The van der Waals surface area contributed by atoms with Crippen molar-refractivity contribution in [3.8, 4) is 0 Å². The lowest BCUT2D eigenvalue weighted by Gasteiger charge is -2.36. The summed E-state index contributed by atoms with van der Waals surface area (Å²) in [5.41, 5.74) is 4.76. The van der Waals surface area contributed by atoms with E-state index in [0.717, 1.165) is 0 Å². The zero-order chi connectivity index (χ0) is 11.7. The molecule has 3 rings (SSSR count). The average Bonchev–Trinajstić information content (AvgIpc) is 2.87. The van der Waals surface area contributed by atoms with Gasteiger partial charge in [-0.2, -0.15) is 0 Å². The molecule has 0 radical (unpaired) electrons. The van der Waals surface area contributed by atoms with Crippen LogP contribution in [0.1, 0.15) is 24.5 Å². The molecule has 0 N–H and O–H groups in total. The van der Waals surface area contributed by atoms with Crippen molar-refractivity contribution in [2.45, 2.75) is 26.2 Å². The van der Waals surface area contributed by atoms with Gasteiger partial charge in [0.25, 0.3) is 0 Å². The maximum atomic E-state index is 2.59. The lowest BCUT2D eigenvalue weighted by molar-refractivity contribution is 0.271. The van der Waals surface area contributed by atoms with Crippen LogP contribution < -0.4 is 4.90 Å². The third-order valence-corrected chi connectivity index (χ3v) is 4.28. The predicted octanol–water partition coefficient (Wildman–Crippen LogP) is 2.32. The Hall–Kier alpha value is -1.02. The fraction of sp³-hybridized carbons (Fsp3) is 0.600. The van der Waals surface area contributed by atoms with Gasteiger partial charge < -0.3 is 9.80 Å². The molecule has 1 aromatic rings. The first-order valence-electron chi connectivity index (χ1n) is 6.96. The van der Waals surface area contributed by atoms with E-state index in [1.165, 1.54) is 57.7 Å². The maximum absolute atomic E-state index is 2.59. The maximum Gasteiger partial charge on any atom is 0.0402 e. The number of anilines is 1. The number of fused-ring (bicyclic) bond motifs is 1. The highest BCUT2D eigenvalue weighted by molar-refractivity contribution is 5.58. The van der Waals surface area contributed by atoms with E-state index in [1.807, 2.05) is 0 Å². The smallest absolute Gasteiger partial charge is 0.0402 e. The van der Waals surface area contributed by atoms with Crippen LogP contribution >= 0.6 is 0 Å². The summed E-state index contributed by atoms with van der Waals surface area (Å²) in [4.78, 5) is 5.13. The van der Waals surface area contributed by atoms with Crippen molar-refractivity contribution < 1.29 is 0 Å². The number of likely N-dealkylation sites (N-methyl/N-ethyl adjacent to an activating group) is 1. The molecule has 0 spiro atoms. The van der Waals surface area contributed by atoms with E-state index in [2.05, 4.69) is 34.9 Å². The van der Waals surface area contributed by atoms with Crippen LogP contribution in [0.2, 0.25) is 0 Å². The Morgan fingerprint density at radius 3 is 2.65 bits per heavy atom. The number of hydrogen-bond acceptors (Lipinski definition) is 2. The molecule has 1 aliphatic heterocycles. The second-order valence-corrected chi connectivity index (χ2v) is 5.19. The molecule has 2 heteroatoms. The Kier molecular flexibility index (Phi) is 3.06. The number of aryl methyl sites for hydroxylation is 1. The van der Waals surface area contributed by atoms with Crippen molar-refractivity contribution in [3.05, 3.63) is 29.3 Å². The van der Waals surface area contributed by atoms with E-state index in [-0.39, 0.29) is 0 Å². The third kappa shape index (κ3) is 2.06. The summed E-state index contributed by atoms with van der Waals surface area (Å²) in [7, 11) is 0. The number of benzene rings is 1. The van der Waals surface area contributed by atoms with Crippen molar-refractivity contribution in [2.75, 3.05) is 37.6 Å². The monoisotopic (exact) mass is 230 g/mol. The second-order valence-electron chi connectivity index (χ2n) is 5.19. The molecule has 2 aliphatic rings. The zero-order valence-electron chi connectivity index (χ0n) is 10.8. The Labute approximate surface area is 104 Å². The van der Waals surface area contributed by atoms with Gasteiger partial charge in [-0.05, 0) is 43.0 Å². The minimum Gasteiger partial charge on any atom is -0.369 e. The first kappa shape index (κ1) is 11.1. The summed E-state index contributed by atoms with van der Waals surface area (Å²) in [6, 6.07) is 6.88. The molecule has 0 saturated carbocycles. The molecule has 0 atom stereocenters. The summed E-state index contributed by atoms with van der Waals surface area (Å²) in [5, 5.41) is 0. The number of hydrogen-bond donors (Lipinski definition) is 0. The van der Waals surface area contributed by atoms with E-state index in [0.29, 0.717) is 0 Å². The summed E-state index contributed by atoms with van der Waals surface area (Å²) < 4.78 is 0. The highest BCUT2D eigenvalue weighted by Crippen LogP contribution is 2.31. The average molecular weight is 230 g/mol. The topological polar surface area (TPSA) is 6.48 Å². The summed E-state index contributed by atoms with van der Waals surface area (Å²) in [6.07, 6.45) is 3.93. The van der Waals surface area contributed by atoms with Crippen LogP contribution in [-0.4, -0.2) is 37.6 Å². The third-order valence-electron chi connectivity index (χ3n) is 4.28.